The van der Waals surface area contributed by atoms with Crippen molar-refractivity contribution in [2.75, 3.05) is 7.11 Å². The molecule has 3 N–H and O–H groups in total. The molecule has 0 amide bonds. The van der Waals surface area contributed by atoms with E-state index in [0.717, 1.165) is 5.56 Å². The first kappa shape index (κ1) is 13.9. The zero-order valence-electron chi connectivity index (χ0n) is 11.3. The van der Waals surface area contributed by atoms with Gasteiger partial charge < -0.3 is 4.74 Å². The number of hydrogen-bond donors (Lipinski definition) is 2. The molecule has 1 aromatic carbocycles. The van der Waals surface area contributed by atoms with E-state index in [1.54, 1.807) is 7.11 Å². The van der Waals surface area contributed by atoms with Crippen LogP contribution in [0.4, 0.5) is 0 Å². The smallest absolute Gasteiger partial charge is 0.137 e. The lowest BCUT2D eigenvalue weighted by Gasteiger charge is -2.16. The predicted molar refractivity (Wildman–Crippen MR) is 83.5 cm³/mol. The van der Waals surface area contributed by atoms with Crippen LogP contribution in [0.2, 0.25) is 5.02 Å². The molecule has 1 aromatic heterocycles. The van der Waals surface area contributed by atoms with E-state index in [-0.39, 0.29) is 6.04 Å². The average Bonchev–Trinajstić information content (AvgIpc) is 3.02. The second-order valence-corrected chi connectivity index (χ2v) is 6.52. The molecule has 20 heavy (non-hydrogen) atoms. The van der Waals surface area contributed by atoms with Gasteiger partial charge in [-0.1, -0.05) is 17.7 Å². The summed E-state index contributed by atoms with van der Waals surface area (Å²) in [5.74, 6) is 6.44. The van der Waals surface area contributed by atoms with E-state index in [4.69, 9.17) is 22.2 Å². The highest BCUT2D eigenvalue weighted by Gasteiger charge is 2.21. The number of rotatable bonds is 4. The Labute approximate surface area is 127 Å². The molecular weight excluding hydrogens is 292 g/mol. The van der Waals surface area contributed by atoms with Gasteiger partial charge in [-0.25, -0.2) is 5.43 Å². The molecular formula is C15H17ClN2OS. The van der Waals surface area contributed by atoms with Gasteiger partial charge in [0.2, 0.25) is 0 Å². The zero-order chi connectivity index (χ0) is 14.1. The van der Waals surface area contributed by atoms with Crippen LogP contribution in [0, 0.1) is 0 Å². The van der Waals surface area contributed by atoms with Crippen LogP contribution in [-0.2, 0) is 12.8 Å². The van der Waals surface area contributed by atoms with E-state index >= 15 is 0 Å². The van der Waals surface area contributed by atoms with Crippen molar-refractivity contribution in [2.45, 2.75) is 25.3 Å². The van der Waals surface area contributed by atoms with Gasteiger partial charge in [0.1, 0.15) is 5.75 Å². The SMILES string of the molecule is COc1cc(C(NN)c2cc3c(s2)CCC3)ccc1Cl. The Morgan fingerprint density at radius 1 is 1.35 bits per heavy atom. The number of benzene rings is 1. The Morgan fingerprint density at radius 3 is 2.90 bits per heavy atom. The van der Waals surface area contributed by atoms with Gasteiger partial charge in [0, 0.05) is 9.75 Å². The summed E-state index contributed by atoms with van der Waals surface area (Å²) in [5.41, 5.74) is 5.45. The minimum atomic E-state index is -0.0169. The average molecular weight is 309 g/mol. The molecule has 5 heteroatoms. The number of ether oxygens (including phenoxy) is 1. The maximum Gasteiger partial charge on any atom is 0.137 e. The normalized spacial score (nSPS) is 15.2. The number of nitrogens with one attached hydrogen (secondary N) is 1. The molecule has 0 bridgehead atoms. The number of aryl methyl sites for hydroxylation is 2. The number of nitrogens with two attached hydrogens (primary N) is 1. The summed E-state index contributed by atoms with van der Waals surface area (Å²) >= 11 is 7.93. The number of halogens is 1. The van der Waals surface area contributed by atoms with Crippen LogP contribution in [0.3, 0.4) is 0 Å². The number of thiophene rings is 1. The van der Waals surface area contributed by atoms with Gasteiger partial charge in [0.15, 0.2) is 0 Å². The second-order valence-electron chi connectivity index (χ2n) is 4.94. The fourth-order valence-electron chi connectivity index (χ4n) is 2.69. The molecule has 0 spiro atoms. The van der Waals surface area contributed by atoms with Crippen molar-refractivity contribution in [3.05, 3.63) is 50.2 Å². The molecule has 2 aromatic rings. The van der Waals surface area contributed by atoms with Gasteiger partial charge in [-0.15, -0.1) is 11.3 Å². The Balaban J connectivity index is 1.96. The monoisotopic (exact) mass is 308 g/mol. The lowest BCUT2D eigenvalue weighted by Crippen LogP contribution is -2.28. The van der Waals surface area contributed by atoms with Crippen LogP contribution in [0.15, 0.2) is 24.3 Å². The second kappa shape index (κ2) is 5.74. The first-order valence-electron chi connectivity index (χ1n) is 6.64. The predicted octanol–water partition coefficient (Wildman–Crippen LogP) is 3.45. The highest BCUT2D eigenvalue weighted by molar-refractivity contribution is 7.12. The Kier molecular flexibility index (Phi) is 3.98. The number of hydrogen-bond acceptors (Lipinski definition) is 4. The standard InChI is InChI=1S/C15H17ClN2OS/c1-19-12-7-10(5-6-11(12)16)15(18-17)14-8-9-3-2-4-13(9)20-14/h5-8,15,18H,2-4,17H2,1H3. The Hall–Kier alpha value is -1.07. The summed E-state index contributed by atoms with van der Waals surface area (Å²) in [5, 5.41) is 0.612. The molecule has 0 saturated carbocycles. The Morgan fingerprint density at radius 2 is 2.20 bits per heavy atom. The molecule has 0 radical (unpaired) electrons. The van der Waals surface area contributed by atoms with Crippen LogP contribution in [0.5, 0.6) is 5.75 Å². The van der Waals surface area contributed by atoms with Gasteiger partial charge in [0.05, 0.1) is 18.2 Å². The third kappa shape index (κ3) is 2.44. The fourth-order valence-corrected chi connectivity index (χ4v) is 4.23. The quantitative estimate of drug-likeness (QED) is 0.672. The van der Waals surface area contributed by atoms with E-state index < -0.39 is 0 Å². The van der Waals surface area contributed by atoms with Crippen molar-refractivity contribution in [3.8, 4) is 5.75 Å². The molecule has 0 fully saturated rings. The first-order valence-corrected chi connectivity index (χ1v) is 7.83. The van der Waals surface area contributed by atoms with E-state index in [1.807, 2.05) is 29.5 Å². The van der Waals surface area contributed by atoms with Crippen LogP contribution in [0.25, 0.3) is 0 Å². The molecule has 0 saturated heterocycles. The molecule has 1 heterocycles. The highest BCUT2D eigenvalue weighted by Crippen LogP contribution is 2.37. The maximum atomic E-state index is 6.08. The highest BCUT2D eigenvalue weighted by atomic mass is 35.5. The van der Waals surface area contributed by atoms with E-state index in [9.17, 15) is 0 Å². The molecule has 1 unspecified atom stereocenters. The van der Waals surface area contributed by atoms with Crippen molar-refractivity contribution in [1.29, 1.82) is 0 Å². The summed E-state index contributed by atoms with van der Waals surface area (Å²) in [4.78, 5) is 2.75. The minimum Gasteiger partial charge on any atom is -0.495 e. The minimum absolute atomic E-state index is 0.0169. The van der Waals surface area contributed by atoms with Crippen molar-refractivity contribution in [3.63, 3.8) is 0 Å². The van der Waals surface area contributed by atoms with E-state index in [1.165, 1.54) is 34.6 Å². The molecule has 106 valence electrons. The summed E-state index contributed by atoms with van der Waals surface area (Å²) < 4.78 is 5.28. The van der Waals surface area contributed by atoms with Crippen LogP contribution in [-0.4, -0.2) is 7.11 Å². The fraction of sp³-hybridized carbons (Fsp3) is 0.333. The third-order valence-corrected chi connectivity index (χ3v) is 5.34. The van der Waals surface area contributed by atoms with Crippen LogP contribution in [0.1, 0.15) is 33.3 Å². The summed E-state index contributed by atoms with van der Waals surface area (Å²) in [6, 6.07) is 8.04. The molecule has 3 rings (SSSR count). The van der Waals surface area contributed by atoms with Crippen molar-refractivity contribution >= 4 is 22.9 Å². The molecule has 1 aliphatic carbocycles. The molecule has 0 aliphatic heterocycles. The van der Waals surface area contributed by atoms with Crippen LogP contribution >= 0.6 is 22.9 Å². The largest absolute Gasteiger partial charge is 0.495 e. The maximum absolute atomic E-state index is 6.08. The molecule has 1 aliphatic rings. The Bertz CT molecular complexity index is 605. The van der Waals surface area contributed by atoms with Gasteiger partial charge in [-0.3, -0.25) is 5.84 Å². The van der Waals surface area contributed by atoms with Crippen molar-refractivity contribution in [2.24, 2.45) is 5.84 Å². The van der Waals surface area contributed by atoms with Gasteiger partial charge >= 0.3 is 0 Å². The summed E-state index contributed by atoms with van der Waals surface area (Å²) in [7, 11) is 1.62. The number of hydrazine groups is 1. The van der Waals surface area contributed by atoms with Crippen LogP contribution < -0.4 is 16.0 Å². The van der Waals surface area contributed by atoms with E-state index in [2.05, 4.69) is 11.5 Å². The lowest BCUT2D eigenvalue weighted by molar-refractivity contribution is 0.414. The van der Waals surface area contributed by atoms with Gasteiger partial charge in [-0.05, 0) is 48.6 Å². The lowest BCUT2D eigenvalue weighted by atomic mass is 10.0. The summed E-state index contributed by atoms with van der Waals surface area (Å²) in [6.07, 6.45) is 3.66. The summed E-state index contributed by atoms with van der Waals surface area (Å²) in [6.45, 7) is 0. The topological polar surface area (TPSA) is 47.3 Å². The zero-order valence-corrected chi connectivity index (χ0v) is 12.9. The number of fused-ring (bicyclic) bond motifs is 1. The molecule has 3 nitrogen and oxygen atoms in total. The number of methoxy groups -OCH3 is 1. The molecule has 1 atom stereocenters. The van der Waals surface area contributed by atoms with Gasteiger partial charge in [-0.2, -0.15) is 0 Å². The van der Waals surface area contributed by atoms with Crippen molar-refractivity contribution in [1.82, 2.24) is 5.43 Å². The van der Waals surface area contributed by atoms with E-state index in [0.29, 0.717) is 10.8 Å². The first-order chi connectivity index (χ1) is 9.72. The van der Waals surface area contributed by atoms with Gasteiger partial charge in [0.25, 0.3) is 0 Å². The van der Waals surface area contributed by atoms with Crippen molar-refractivity contribution < 1.29 is 4.74 Å². The third-order valence-electron chi connectivity index (χ3n) is 3.73.